The highest BCUT2D eigenvalue weighted by Crippen LogP contribution is 2.26. The molecular weight excluding hydrogens is 351 g/mol. The number of halogens is 1. The Morgan fingerprint density at radius 1 is 1.26 bits per heavy atom. The maximum atomic E-state index is 13.1. The second-order valence-electron chi connectivity index (χ2n) is 6.48. The van der Waals surface area contributed by atoms with Gasteiger partial charge in [0.05, 0.1) is 12.6 Å². The van der Waals surface area contributed by atoms with E-state index in [4.69, 9.17) is 4.74 Å². The lowest BCUT2D eigenvalue weighted by atomic mass is 9.99. The molecule has 0 radical (unpaired) electrons. The molecular formula is C20H21FN2O4. The molecule has 1 fully saturated rings. The van der Waals surface area contributed by atoms with E-state index in [-0.39, 0.29) is 37.4 Å². The van der Waals surface area contributed by atoms with Crippen molar-refractivity contribution in [3.05, 3.63) is 65.5 Å². The van der Waals surface area contributed by atoms with Crippen LogP contribution in [0.2, 0.25) is 0 Å². The van der Waals surface area contributed by atoms with Gasteiger partial charge in [-0.3, -0.25) is 9.59 Å². The monoisotopic (exact) mass is 372 g/mol. The van der Waals surface area contributed by atoms with Crippen molar-refractivity contribution in [3.63, 3.8) is 0 Å². The van der Waals surface area contributed by atoms with Crippen molar-refractivity contribution >= 4 is 17.5 Å². The molecule has 1 heterocycles. The predicted molar refractivity (Wildman–Crippen MR) is 97.3 cm³/mol. The molecule has 1 aliphatic rings. The molecule has 3 rings (SSSR count). The Labute approximate surface area is 156 Å². The van der Waals surface area contributed by atoms with Gasteiger partial charge in [0.25, 0.3) is 0 Å². The van der Waals surface area contributed by atoms with Crippen LogP contribution in [-0.2, 0) is 20.9 Å². The number of ether oxygens (including phenoxy) is 1. The third-order valence-corrected chi connectivity index (χ3v) is 4.44. The van der Waals surface area contributed by atoms with Crippen molar-refractivity contribution in [3.8, 4) is 0 Å². The number of morpholine rings is 1. The molecule has 0 unspecified atom stereocenters. The van der Waals surface area contributed by atoms with Crippen molar-refractivity contribution in [2.45, 2.75) is 25.6 Å². The van der Waals surface area contributed by atoms with Gasteiger partial charge in [-0.2, -0.15) is 0 Å². The molecule has 7 heteroatoms. The number of aliphatic hydroxyl groups is 1. The highest BCUT2D eigenvalue weighted by molar-refractivity contribution is 5.88. The van der Waals surface area contributed by atoms with Gasteiger partial charge < -0.3 is 20.1 Å². The summed E-state index contributed by atoms with van der Waals surface area (Å²) in [6, 6.07) is 12.1. The van der Waals surface area contributed by atoms with Gasteiger partial charge in [0, 0.05) is 19.2 Å². The van der Waals surface area contributed by atoms with E-state index in [2.05, 4.69) is 5.32 Å². The lowest BCUT2D eigenvalue weighted by Crippen LogP contribution is -2.51. The van der Waals surface area contributed by atoms with E-state index in [0.29, 0.717) is 11.3 Å². The quantitative estimate of drug-likeness (QED) is 0.844. The highest BCUT2D eigenvalue weighted by atomic mass is 19.1. The number of hydrogen-bond donors (Lipinski definition) is 2. The van der Waals surface area contributed by atoms with Crippen LogP contribution >= 0.6 is 0 Å². The Bertz CT molecular complexity index is 808. The summed E-state index contributed by atoms with van der Waals surface area (Å²) in [6.07, 6.45) is -0.957. The third-order valence-electron chi connectivity index (χ3n) is 4.44. The van der Waals surface area contributed by atoms with E-state index in [1.807, 2.05) is 0 Å². The van der Waals surface area contributed by atoms with Gasteiger partial charge in [0.15, 0.2) is 0 Å². The molecule has 0 aliphatic carbocycles. The standard InChI is InChI=1S/C20H21FN2O4/c1-13(24)22-17-8-4-15(5-9-17)20(26)18-11-27-12-19(25)23(18)10-14-2-6-16(21)7-3-14/h2-9,18,20,26H,10-12H2,1H3,(H,22,24)/t18-,20-/m1/s1. The van der Waals surface area contributed by atoms with Crippen LogP contribution in [-0.4, -0.2) is 41.1 Å². The number of aliphatic hydroxyl groups excluding tert-OH is 1. The molecule has 0 spiro atoms. The van der Waals surface area contributed by atoms with Gasteiger partial charge in [-0.05, 0) is 35.4 Å². The fraction of sp³-hybridized carbons (Fsp3) is 0.300. The second-order valence-corrected chi connectivity index (χ2v) is 6.48. The highest BCUT2D eigenvalue weighted by Gasteiger charge is 2.34. The van der Waals surface area contributed by atoms with Crippen molar-refractivity contribution in [1.82, 2.24) is 4.90 Å². The van der Waals surface area contributed by atoms with E-state index in [9.17, 15) is 19.1 Å². The molecule has 2 N–H and O–H groups in total. The van der Waals surface area contributed by atoms with E-state index in [1.165, 1.54) is 19.1 Å². The number of nitrogens with zero attached hydrogens (tertiary/aromatic N) is 1. The normalized spacial score (nSPS) is 18.3. The Hall–Kier alpha value is -2.77. The Morgan fingerprint density at radius 3 is 2.56 bits per heavy atom. The Balaban J connectivity index is 1.77. The summed E-state index contributed by atoms with van der Waals surface area (Å²) in [5.74, 6) is -0.757. The molecule has 0 saturated carbocycles. The van der Waals surface area contributed by atoms with Crippen molar-refractivity contribution < 1.29 is 23.8 Å². The van der Waals surface area contributed by atoms with Crippen molar-refractivity contribution in [2.75, 3.05) is 18.5 Å². The molecule has 27 heavy (non-hydrogen) atoms. The van der Waals surface area contributed by atoms with Crippen LogP contribution in [0.3, 0.4) is 0 Å². The van der Waals surface area contributed by atoms with E-state index < -0.39 is 12.1 Å². The third kappa shape index (κ3) is 4.69. The first kappa shape index (κ1) is 19.0. The van der Waals surface area contributed by atoms with E-state index >= 15 is 0 Å². The van der Waals surface area contributed by atoms with Gasteiger partial charge in [-0.25, -0.2) is 4.39 Å². The average molecular weight is 372 g/mol. The molecule has 2 amide bonds. The number of carbonyl (C=O) groups is 2. The number of carbonyl (C=O) groups excluding carboxylic acids is 2. The Morgan fingerprint density at radius 2 is 1.93 bits per heavy atom. The van der Waals surface area contributed by atoms with Crippen molar-refractivity contribution in [1.29, 1.82) is 0 Å². The number of amides is 2. The molecule has 0 aromatic heterocycles. The minimum absolute atomic E-state index is 0.0497. The lowest BCUT2D eigenvalue weighted by Gasteiger charge is -2.38. The maximum absolute atomic E-state index is 13.1. The number of benzene rings is 2. The predicted octanol–water partition coefficient (Wildman–Crippen LogP) is 2.25. The fourth-order valence-electron chi connectivity index (χ4n) is 3.07. The van der Waals surface area contributed by atoms with Crippen LogP contribution in [0.1, 0.15) is 24.2 Å². The van der Waals surface area contributed by atoms with Crippen LogP contribution in [0.5, 0.6) is 0 Å². The van der Waals surface area contributed by atoms with Gasteiger partial charge in [0.2, 0.25) is 11.8 Å². The maximum Gasteiger partial charge on any atom is 0.249 e. The van der Waals surface area contributed by atoms with E-state index in [1.54, 1.807) is 41.3 Å². The topological polar surface area (TPSA) is 78.9 Å². The molecule has 1 saturated heterocycles. The van der Waals surface area contributed by atoms with Crippen LogP contribution in [0.15, 0.2) is 48.5 Å². The first-order valence-corrected chi connectivity index (χ1v) is 8.61. The van der Waals surface area contributed by atoms with Gasteiger partial charge in [-0.15, -0.1) is 0 Å². The second kappa shape index (κ2) is 8.28. The zero-order chi connectivity index (χ0) is 19.4. The summed E-state index contributed by atoms with van der Waals surface area (Å²) in [5, 5.41) is 13.5. The summed E-state index contributed by atoms with van der Waals surface area (Å²) < 4.78 is 18.4. The molecule has 142 valence electrons. The minimum atomic E-state index is -0.957. The van der Waals surface area contributed by atoms with Crippen molar-refractivity contribution in [2.24, 2.45) is 0 Å². The van der Waals surface area contributed by atoms with Gasteiger partial charge in [-0.1, -0.05) is 24.3 Å². The number of nitrogens with one attached hydrogen (secondary N) is 1. The number of anilines is 1. The van der Waals surface area contributed by atoms with Crippen LogP contribution in [0.25, 0.3) is 0 Å². The first-order valence-electron chi connectivity index (χ1n) is 8.61. The average Bonchev–Trinajstić information content (AvgIpc) is 2.65. The fourth-order valence-corrected chi connectivity index (χ4v) is 3.07. The molecule has 1 aliphatic heterocycles. The molecule has 2 atom stereocenters. The van der Waals surface area contributed by atoms with Crippen LogP contribution in [0.4, 0.5) is 10.1 Å². The summed E-state index contributed by atoms with van der Waals surface area (Å²) in [4.78, 5) is 25.0. The molecule has 2 aromatic rings. The lowest BCUT2D eigenvalue weighted by molar-refractivity contribution is -0.155. The number of hydrogen-bond acceptors (Lipinski definition) is 4. The molecule has 0 bridgehead atoms. The van der Waals surface area contributed by atoms with Crippen LogP contribution in [0, 0.1) is 5.82 Å². The largest absolute Gasteiger partial charge is 0.386 e. The first-order chi connectivity index (χ1) is 12.9. The molecule has 2 aromatic carbocycles. The zero-order valence-corrected chi connectivity index (χ0v) is 14.9. The summed E-state index contributed by atoms with van der Waals surface area (Å²) in [5.41, 5.74) is 2.00. The van der Waals surface area contributed by atoms with Gasteiger partial charge >= 0.3 is 0 Å². The van der Waals surface area contributed by atoms with E-state index in [0.717, 1.165) is 5.56 Å². The smallest absolute Gasteiger partial charge is 0.249 e. The number of rotatable bonds is 5. The van der Waals surface area contributed by atoms with Crippen LogP contribution < -0.4 is 5.32 Å². The zero-order valence-electron chi connectivity index (χ0n) is 14.9. The molecule has 6 nitrogen and oxygen atoms in total. The summed E-state index contributed by atoms with van der Waals surface area (Å²) in [6.45, 7) is 1.82. The summed E-state index contributed by atoms with van der Waals surface area (Å²) in [7, 11) is 0. The SMILES string of the molecule is CC(=O)Nc1ccc([C@@H](O)[C@H]2COCC(=O)N2Cc2ccc(F)cc2)cc1. The van der Waals surface area contributed by atoms with Gasteiger partial charge in [0.1, 0.15) is 18.5 Å². The Kier molecular flexibility index (Phi) is 5.83. The minimum Gasteiger partial charge on any atom is -0.386 e. The summed E-state index contributed by atoms with van der Waals surface area (Å²) >= 11 is 0.